The first-order valence-corrected chi connectivity index (χ1v) is 20.7. The lowest BCUT2D eigenvalue weighted by Gasteiger charge is -2.46. The SMILES string of the molecule is C1=C(c2ccc3ccccc3c2)CCC2=C1c1cc(-c3nc(-c4ccccc4)nc(-c4ccccc4)n3)ccc1C21c2ccccc2N(c2ccccc2)c2ccccc21. The lowest BCUT2D eigenvalue weighted by atomic mass is 9.62. The van der Waals surface area contributed by atoms with Crippen molar-refractivity contribution in [2.24, 2.45) is 0 Å². The highest BCUT2D eigenvalue weighted by atomic mass is 15.2. The van der Waals surface area contributed by atoms with Crippen molar-refractivity contribution in [1.82, 2.24) is 15.0 Å². The molecule has 0 radical (unpaired) electrons. The predicted octanol–water partition coefficient (Wildman–Crippen LogP) is 13.8. The van der Waals surface area contributed by atoms with E-state index in [0.29, 0.717) is 17.5 Å². The van der Waals surface area contributed by atoms with Gasteiger partial charge in [-0.05, 0) is 105 Å². The Morgan fingerprint density at radius 3 is 1.58 bits per heavy atom. The van der Waals surface area contributed by atoms with Gasteiger partial charge in [0.25, 0.3) is 0 Å². The van der Waals surface area contributed by atoms with Crippen LogP contribution in [0, 0.1) is 0 Å². The molecule has 0 amide bonds. The number of aromatic nitrogens is 3. The molecule has 60 heavy (non-hydrogen) atoms. The van der Waals surface area contributed by atoms with Gasteiger partial charge in [-0.2, -0.15) is 0 Å². The van der Waals surface area contributed by atoms with E-state index in [2.05, 4.69) is 175 Å². The molecule has 0 fully saturated rings. The summed E-state index contributed by atoms with van der Waals surface area (Å²) in [5.41, 5.74) is 16.4. The van der Waals surface area contributed by atoms with Crippen molar-refractivity contribution >= 4 is 39.0 Å². The lowest BCUT2D eigenvalue weighted by molar-refractivity contribution is 0.689. The van der Waals surface area contributed by atoms with Crippen molar-refractivity contribution in [3.8, 4) is 34.2 Å². The van der Waals surface area contributed by atoms with Gasteiger partial charge >= 0.3 is 0 Å². The molecular weight excluding hydrogens is 729 g/mol. The first-order chi connectivity index (χ1) is 29.7. The summed E-state index contributed by atoms with van der Waals surface area (Å²) in [6, 6.07) is 71.9. The minimum atomic E-state index is -0.503. The largest absolute Gasteiger partial charge is 0.310 e. The van der Waals surface area contributed by atoms with Crippen molar-refractivity contribution < 1.29 is 0 Å². The number of para-hydroxylation sites is 3. The molecule has 2 aliphatic carbocycles. The second-order valence-electron chi connectivity index (χ2n) is 15.9. The average molecular weight is 767 g/mol. The third kappa shape index (κ3) is 5.27. The van der Waals surface area contributed by atoms with Gasteiger partial charge in [0.1, 0.15) is 0 Å². The zero-order valence-electron chi connectivity index (χ0n) is 32.8. The first-order valence-electron chi connectivity index (χ1n) is 20.7. The fourth-order valence-corrected chi connectivity index (χ4v) is 10.0. The van der Waals surface area contributed by atoms with Crippen LogP contribution in [-0.2, 0) is 5.41 Å². The van der Waals surface area contributed by atoms with Crippen molar-refractivity contribution in [2.75, 3.05) is 4.90 Å². The van der Waals surface area contributed by atoms with E-state index in [1.807, 2.05) is 36.4 Å². The molecule has 1 spiro atoms. The van der Waals surface area contributed by atoms with E-state index < -0.39 is 5.41 Å². The van der Waals surface area contributed by atoms with Crippen LogP contribution in [0.1, 0.15) is 40.7 Å². The molecule has 0 N–H and O–H groups in total. The van der Waals surface area contributed by atoms with Crippen LogP contribution in [0.15, 0.2) is 212 Å². The van der Waals surface area contributed by atoms with E-state index >= 15 is 0 Å². The number of hydrogen-bond acceptors (Lipinski definition) is 4. The van der Waals surface area contributed by atoms with E-state index in [1.165, 1.54) is 66.7 Å². The Bertz CT molecular complexity index is 3100. The number of benzene rings is 8. The van der Waals surface area contributed by atoms with Gasteiger partial charge in [-0.25, -0.2) is 15.0 Å². The third-order valence-corrected chi connectivity index (χ3v) is 12.6. The van der Waals surface area contributed by atoms with Crippen molar-refractivity contribution in [2.45, 2.75) is 18.3 Å². The summed E-state index contributed by atoms with van der Waals surface area (Å²) in [6.45, 7) is 0. The second-order valence-corrected chi connectivity index (χ2v) is 15.9. The Kier molecular flexibility index (Phi) is 7.85. The maximum atomic E-state index is 5.18. The van der Waals surface area contributed by atoms with Gasteiger partial charge in [0.15, 0.2) is 17.5 Å². The highest BCUT2D eigenvalue weighted by Gasteiger charge is 2.53. The highest BCUT2D eigenvalue weighted by Crippen LogP contribution is 2.65. The van der Waals surface area contributed by atoms with Crippen LogP contribution >= 0.6 is 0 Å². The van der Waals surface area contributed by atoms with Gasteiger partial charge in [0.2, 0.25) is 0 Å². The number of anilines is 3. The summed E-state index contributed by atoms with van der Waals surface area (Å²) in [5.74, 6) is 1.97. The molecule has 3 aliphatic rings. The van der Waals surface area contributed by atoms with E-state index in [9.17, 15) is 0 Å². The molecular formula is C56H38N4. The number of allylic oxidation sites excluding steroid dienone is 4. The fraction of sp³-hybridized carbons (Fsp3) is 0.0536. The summed E-state index contributed by atoms with van der Waals surface area (Å²) < 4.78 is 0. The lowest BCUT2D eigenvalue weighted by Crippen LogP contribution is -2.37. The highest BCUT2D eigenvalue weighted by molar-refractivity contribution is 6.01. The molecule has 0 saturated heterocycles. The van der Waals surface area contributed by atoms with E-state index in [4.69, 9.17) is 15.0 Å². The normalized spacial score (nSPS) is 14.7. The van der Waals surface area contributed by atoms with E-state index in [-0.39, 0.29) is 0 Å². The molecule has 2 heterocycles. The summed E-state index contributed by atoms with van der Waals surface area (Å²) in [5, 5.41) is 2.52. The number of hydrogen-bond donors (Lipinski definition) is 0. The predicted molar refractivity (Wildman–Crippen MR) is 245 cm³/mol. The first kappa shape index (κ1) is 34.4. The van der Waals surface area contributed by atoms with E-state index in [1.54, 1.807) is 0 Å². The molecule has 1 aliphatic heterocycles. The van der Waals surface area contributed by atoms with E-state index in [0.717, 1.165) is 35.2 Å². The number of rotatable bonds is 5. The van der Waals surface area contributed by atoms with Gasteiger partial charge in [0.05, 0.1) is 16.8 Å². The van der Waals surface area contributed by atoms with Gasteiger partial charge in [-0.1, -0.05) is 170 Å². The number of fused-ring (bicyclic) bond motifs is 9. The minimum Gasteiger partial charge on any atom is -0.310 e. The quantitative estimate of drug-likeness (QED) is 0.175. The Hall–Kier alpha value is -7.69. The van der Waals surface area contributed by atoms with Crippen molar-refractivity contribution in [3.63, 3.8) is 0 Å². The third-order valence-electron chi connectivity index (χ3n) is 12.6. The molecule has 9 aromatic rings. The van der Waals surface area contributed by atoms with Crippen LogP contribution in [0.3, 0.4) is 0 Å². The minimum absolute atomic E-state index is 0.503. The molecule has 4 heteroatoms. The monoisotopic (exact) mass is 766 g/mol. The molecule has 0 atom stereocenters. The van der Waals surface area contributed by atoms with Gasteiger partial charge in [-0.15, -0.1) is 0 Å². The van der Waals surface area contributed by atoms with Crippen LogP contribution in [0.25, 0.3) is 56.1 Å². The molecule has 0 unspecified atom stereocenters. The molecule has 0 saturated carbocycles. The fourth-order valence-electron chi connectivity index (χ4n) is 10.0. The molecule has 1 aromatic heterocycles. The maximum Gasteiger partial charge on any atom is 0.164 e. The van der Waals surface area contributed by atoms with Crippen LogP contribution in [0.2, 0.25) is 0 Å². The summed E-state index contributed by atoms with van der Waals surface area (Å²) in [7, 11) is 0. The number of nitrogens with zero attached hydrogens (tertiary/aromatic N) is 4. The van der Waals surface area contributed by atoms with Gasteiger partial charge in [-0.3, -0.25) is 0 Å². The van der Waals surface area contributed by atoms with Crippen molar-refractivity contribution in [1.29, 1.82) is 0 Å². The standard InChI is InChI=1S/C56H38N4/c1-4-17-38(18-5-1)53-57-54(39-19-6-2-7-20-39)59-55(58-53)43-31-33-48-46(36-43)45-35-42(41-29-28-37-16-10-11-21-40(37)34-41)30-32-47(45)56(48)49-24-12-14-26-51(49)60(44-22-8-3-9-23-44)52-27-15-13-25-50(52)56/h1-29,31,33-36H,30,32H2. The Morgan fingerprint density at radius 2 is 0.933 bits per heavy atom. The molecule has 4 nitrogen and oxygen atoms in total. The topological polar surface area (TPSA) is 41.9 Å². The van der Waals surface area contributed by atoms with Gasteiger partial charge < -0.3 is 4.90 Å². The zero-order valence-corrected chi connectivity index (χ0v) is 32.8. The van der Waals surface area contributed by atoms with Crippen LogP contribution < -0.4 is 4.90 Å². The second kappa shape index (κ2) is 13.7. The summed E-state index contributed by atoms with van der Waals surface area (Å²) in [6.07, 6.45) is 4.36. The molecule has 12 rings (SSSR count). The Morgan fingerprint density at radius 1 is 0.400 bits per heavy atom. The molecule has 8 aromatic carbocycles. The van der Waals surface area contributed by atoms with Crippen LogP contribution in [0.4, 0.5) is 17.1 Å². The average Bonchev–Trinajstić information content (AvgIpc) is 3.61. The van der Waals surface area contributed by atoms with Gasteiger partial charge in [0, 0.05) is 22.4 Å². The van der Waals surface area contributed by atoms with Crippen molar-refractivity contribution in [3.05, 3.63) is 240 Å². The summed E-state index contributed by atoms with van der Waals surface area (Å²) >= 11 is 0. The van der Waals surface area contributed by atoms with Crippen LogP contribution in [0.5, 0.6) is 0 Å². The maximum absolute atomic E-state index is 5.18. The molecule has 0 bridgehead atoms. The smallest absolute Gasteiger partial charge is 0.164 e. The Balaban J connectivity index is 1.12. The molecule has 282 valence electrons. The zero-order chi connectivity index (χ0) is 39.6. The van der Waals surface area contributed by atoms with Crippen LogP contribution in [-0.4, -0.2) is 15.0 Å². The Labute approximate surface area is 349 Å². The summed E-state index contributed by atoms with van der Waals surface area (Å²) in [4.78, 5) is 17.8.